The van der Waals surface area contributed by atoms with Gasteiger partial charge in [0.2, 0.25) is 0 Å². The van der Waals surface area contributed by atoms with E-state index in [0.717, 1.165) is 0 Å². The smallest absolute Gasteiger partial charge is 0.146 e. The number of ether oxygens (including phenoxy) is 1. The monoisotopic (exact) mass is 310 g/mol. The SMILES string of the molecule is COc1ccc(F)c(Nc2cccc(Cl)c2C(N)=S)c1. The lowest BCUT2D eigenvalue weighted by Crippen LogP contribution is -2.13. The Morgan fingerprint density at radius 2 is 2.05 bits per heavy atom. The lowest BCUT2D eigenvalue weighted by molar-refractivity contribution is 0.414. The highest BCUT2D eigenvalue weighted by atomic mass is 35.5. The Morgan fingerprint density at radius 3 is 2.70 bits per heavy atom. The lowest BCUT2D eigenvalue weighted by Gasteiger charge is -2.14. The summed E-state index contributed by atoms with van der Waals surface area (Å²) in [5.41, 5.74) is 6.92. The maximum Gasteiger partial charge on any atom is 0.146 e. The standard InChI is InChI=1S/C14H12ClFN2OS/c1-19-8-5-6-10(16)12(7-8)18-11-4-2-3-9(15)13(11)14(17)20/h2-7,18H,1H3,(H2,17,20). The van der Waals surface area contributed by atoms with Crippen LogP contribution in [0.25, 0.3) is 0 Å². The van der Waals surface area contributed by atoms with Gasteiger partial charge in [-0.05, 0) is 24.3 Å². The number of nitrogens with one attached hydrogen (secondary N) is 1. The summed E-state index contributed by atoms with van der Waals surface area (Å²) < 4.78 is 18.9. The van der Waals surface area contributed by atoms with Gasteiger partial charge >= 0.3 is 0 Å². The first kappa shape index (κ1) is 14.6. The molecule has 3 N–H and O–H groups in total. The lowest BCUT2D eigenvalue weighted by atomic mass is 10.1. The highest BCUT2D eigenvalue weighted by Crippen LogP contribution is 2.30. The molecule has 0 spiro atoms. The predicted octanol–water partition coefficient (Wildman–Crippen LogP) is 3.87. The second-order valence-electron chi connectivity index (χ2n) is 4.00. The van der Waals surface area contributed by atoms with Gasteiger partial charge in [0.1, 0.15) is 16.6 Å². The van der Waals surface area contributed by atoms with Gasteiger partial charge < -0.3 is 15.8 Å². The van der Waals surface area contributed by atoms with Gasteiger partial charge in [-0.25, -0.2) is 4.39 Å². The van der Waals surface area contributed by atoms with E-state index < -0.39 is 5.82 Å². The Kier molecular flexibility index (Phi) is 4.42. The topological polar surface area (TPSA) is 47.3 Å². The number of methoxy groups -OCH3 is 1. The molecule has 0 radical (unpaired) electrons. The summed E-state index contributed by atoms with van der Waals surface area (Å²) in [6.45, 7) is 0. The third-order valence-electron chi connectivity index (χ3n) is 2.70. The van der Waals surface area contributed by atoms with E-state index in [1.807, 2.05) is 0 Å². The number of rotatable bonds is 4. The second-order valence-corrected chi connectivity index (χ2v) is 4.84. The zero-order valence-corrected chi connectivity index (χ0v) is 12.2. The van der Waals surface area contributed by atoms with E-state index in [-0.39, 0.29) is 10.7 Å². The Balaban J connectivity index is 2.45. The predicted molar refractivity (Wildman–Crippen MR) is 83.6 cm³/mol. The minimum atomic E-state index is -0.417. The third kappa shape index (κ3) is 3.00. The molecule has 2 aromatic rings. The Morgan fingerprint density at radius 1 is 1.30 bits per heavy atom. The highest BCUT2D eigenvalue weighted by molar-refractivity contribution is 7.80. The molecule has 0 unspecified atom stereocenters. The van der Waals surface area contributed by atoms with Crippen LogP contribution in [0.4, 0.5) is 15.8 Å². The van der Waals surface area contributed by atoms with Crippen LogP contribution >= 0.6 is 23.8 Å². The number of benzene rings is 2. The molecule has 0 aliphatic heterocycles. The van der Waals surface area contributed by atoms with E-state index in [1.165, 1.54) is 19.2 Å². The second kappa shape index (κ2) is 6.07. The van der Waals surface area contributed by atoms with Crippen molar-refractivity contribution in [1.29, 1.82) is 0 Å². The molecule has 0 atom stereocenters. The first-order valence-electron chi connectivity index (χ1n) is 5.72. The van der Waals surface area contributed by atoms with Crippen molar-refractivity contribution in [2.75, 3.05) is 12.4 Å². The summed E-state index contributed by atoms with van der Waals surface area (Å²) in [5, 5.41) is 3.34. The van der Waals surface area contributed by atoms with Gasteiger partial charge in [-0.1, -0.05) is 29.9 Å². The maximum atomic E-state index is 13.8. The van der Waals surface area contributed by atoms with Crippen molar-refractivity contribution < 1.29 is 9.13 Å². The average molecular weight is 311 g/mol. The van der Waals surface area contributed by atoms with Crippen LogP contribution in [-0.4, -0.2) is 12.1 Å². The van der Waals surface area contributed by atoms with Crippen molar-refractivity contribution in [3.05, 3.63) is 52.8 Å². The summed E-state index contributed by atoms with van der Waals surface area (Å²) in [7, 11) is 1.51. The number of halogens is 2. The van der Waals surface area contributed by atoms with Gasteiger partial charge in [0.25, 0.3) is 0 Å². The highest BCUT2D eigenvalue weighted by Gasteiger charge is 2.12. The van der Waals surface area contributed by atoms with Crippen molar-refractivity contribution in [2.24, 2.45) is 5.73 Å². The summed E-state index contributed by atoms with van der Waals surface area (Å²) in [5.74, 6) is 0.118. The number of thiocarbonyl (C=S) groups is 1. The molecule has 6 heteroatoms. The van der Waals surface area contributed by atoms with E-state index in [4.69, 9.17) is 34.3 Å². The fraction of sp³-hybridized carbons (Fsp3) is 0.0714. The summed E-state index contributed by atoms with van der Waals surface area (Å²) >= 11 is 11.0. The van der Waals surface area contributed by atoms with Crippen molar-refractivity contribution in [3.8, 4) is 5.75 Å². The summed E-state index contributed by atoms with van der Waals surface area (Å²) in [4.78, 5) is 0.140. The van der Waals surface area contributed by atoms with E-state index >= 15 is 0 Å². The first-order chi connectivity index (χ1) is 9.52. The van der Waals surface area contributed by atoms with Crippen molar-refractivity contribution in [2.45, 2.75) is 0 Å². The minimum Gasteiger partial charge on any atom is -0.497 e. The van der Waals surface area contributed by atoms with Crippen LogP contribution < -0.4 is 15.8 Å². The van der Waals surface area contributed by atoms with Crippen LogP contribution in [0.1, 0.15) is 5.56 Å². The Labute approximate surface area is 126 Å². The zero-order chi connectivity index (χ0) is 14.7. The molecule has 0 aromatic heterocycles. The first-order valence-corrected chi connectivity index (χ1v) is 6.50. The third-order valence-corrected chi connectivity index (χ3v) is 3.22. The van der Waals surface area contributed by atoms with E-state index in [2.05, 4.69) is 5.32 Å². The molecule has 2 aromatic carbocycles. The summed E-state index contributed by atoms with van der Waals surface area (Å²) in [6.07, 6.45) is 0. The number of anilines is 2. The zero-order valence-electron chi connectivity index (χ0n) is 10.6. The number of hydrogen-bond acceptors (Lipinski definition) is 3. The molecule has 0 aliphatic rings. The molecule has 0 heterocycles. The van der Waals surface area contributed by atoms with E-state index in [0.29, 0.717) is 22.0 Å². The maximum absolute atomic E-state index is 13.8. The van der Waals surface area contributed by atoms with E-state index in [9.17, 15) is 4.39 Å². The molecule has 2 rings (SSSR count). The number of hydrogen-bond donors (Lipinski definition) is 2. The molecule has 0 bridgehead atoms. The van der Waals surface area contributed by atoms with Gasteiger partial charge in [0.15, 0.2) is 0 Å². The average Bonchev–Trinajstić information content (AvgIpc) is 2.41. The van der Waals surface area contributed by atoms with Crippen LogP contribution in [-0.2, 0) is 0 Å². The number of nitrogens with two attached hydrogens (primary N) is 1. The molecule has 104 valence electrons. The van der Waals surface area contributed by atoms with Crippen molar-refractivity contribution in [3.63, 3.8) is 0 Å². The molecule has 0 aliphatic carbocycles. The Bertz CT molecular complexity index is 664. The van der Waals surface area contributed by atoms with Gasteiger partial charge in [0, 0.05) is 6.07 Å². The van der Waals surface area contributed by atoms with Gasteiger partial charge in [0.05, 0.1) is 29.1 Å². The molecular weight excluding hydrogens is 299 g/mol. The Hall–Kier alpha value is -1.85. The molecule has 20 heavy (non-hydrogen) atoms. The molecule has 0 fully saturated rings. The molecule has 0 saturated carbocycles. The molecular formula is C14H12ClFN2OS. The molecule has 0 amide bonds. The summed E-state index contributed by atoms with van der Waals surface area (Å²) in [6, 6.07) is 9.51. The van der Waals surface area contributed by atoms with Crippen LogP contribution in [0, 0.1) is 5.82 Å². The fourth-order valence-electron chi connectivity index (χ4n) is 1.75. The molecule has 0 saturated heterocycles. The van der Waals surface area contributed by atoms with Crippen LogP contribution in [0.15, 0.2) is 36.4 Å². The van der Waals surface area contributed by atoms with E-state index in [1.54, 1.807) is 24.3 Å². The van der Waals surface area contributed by atoms with Crippen molar-refractivity contribution >= 4 is 40.2 Å². The largest absolute Gasteiger partial charge is 0.497 e. The quantitative estimate of drug-likeness (QED) is 0.842. The van der Waals surface area contributed by atoms with Crippen molar-refractivity contribution in [1.82, 2.24) is 0 Å². The molecule has 3 nitrogen and oxygen atoms in total. The fourth-order valence-corrected chi connectivity index (χ4v) is 2.30. The van der Waals surface area contributed by atoms with Gasteiger partial charge in [-0.2, -0.15) is 0 Å². The van der Waals surface area contributed by atoms with Gasteiger partial charge in [-0.3, -0.25) is 0 Å². The van der Waals surface area contributed by atoms with Crippen LogP contribution in [0.5, 0.6) is 5.75 Å². The van der Waals surface area contributed by atoms with Crippen LogP contribution in [0.2, 0.25) is 5.02 Å². The normalized spacial score (nSPS) is 10.2. The minimum absolute atomic E-state index is 0.140. The van der Waals surface area contributed by atoms with Crippen LogP contribution in [0.3, 0.4) is 0 Å². The van der Waals surface area contributed by atoms with Gasteiger partial charge in [-0.15, -0.1) is 0 Å².